The van der Waals surface area contributed by atoms with Gasteiger partial charge in [-0.25, -0.2) is 4.39 Å². The highest BCUT2D eigenvalue weighted by Crippen LogP contribution is 2.36. The molecule has 1 aliphatic rings. The number of hydrogen-bond acceptors (Lipinski definition) is 1. The summed E-state index contributed by atoms with van der Waals surface area (Å²) < 4.78 is 13.1. The van der Waals surface area contributed by atoms with Crippen LogP contribution in [0.5, 0.6) is 0 Å². The summed E-state index contributed by atoms with van der Waals surface area (Å²) in [6.45, 7) is 0. The summed E-state index contributed by atoms with van der Waals surface area (Å²) >= 11 is 3.34. The Bertz CT molecular complexity index is 480. The topological polar surface area (TPSA) is 37.3 Å². The Balaban J connectivity index is 2.46. The van der Waals surface area contributed by atoms with Crippen LogP contribution >= 0.6 is 15.9 Å². The van der Waals surface area contributed by atoms with Crippen LogP contribution < -0.4 is 0 Å². The number of fused-ring (bicyclic) bond motifs is 1. The zero-order chi connectivity index (χ0) is 11.7. The highest BCUT2D eigenvalue weighted by atomic mass is 79.9. The zero-order valence-electron chi connectivity index (χ0n) is 8.46. The van der Waals surface area contributed by atoms with Crippen molar-refractivity contribution in [2.24, 2.45) is 0 Å². The van der Waals surface area contributed by atoms with Gasteiger partial charge >= 0.3 is 5.97 Å². The summed E-state index contributed by atoms with van der Waals surface area (Å²) in [5.74, 6) is -1.21. The highest BCUT2D eigenvalue weighted by molar-refractivity contribution is 9.09. The normalized spacial score (nSPS) is 14.1. The summed E-state index contributed by atoms with van der Waals surface area (Å²) in [6.07, 6.45) is 0.668. The second-order valence-corrected chi connectivity index (χ2v) is 4.33. The van der Waals surface area contributed by atoms with E-state index in [2.05, 4.69) is 15.9 Å². The lowest BCUT2D eigenvalue weighted by atomic mass is 10.0. The van der Waals surface area contributed by atoms with E-state index in [9.17, 15) is 9.18 Å². The van der Waals surface area contributed by atoms with Gasteiger partial charge in [-0.2, -0.15) is 0 Å². The Morgan fingerprint density at radius 2 is 2.25 bits per heavy atom. The van der Waals surface area contributed by atoms with Crippen LogP contribution in [0.1, 0.15) is 17.5 Å². The van der Waals surface area contributed by atoms with Crippen molar-refractivity contribution < 1.29 is 14.3 Å². The van der Waals surface area contributed by atoms with Gasteiger partial charge < -0.3 is 5.11 Å². The summed E-state index contributed by atoms with van der Waals surface area (Å²) in [5.41, 5.74) is 3.53. The molecule has 1 aliphatic carbocycles. The largest absolute Gasteiger partial charge is 0.481 e. The SMILES string of the molecule is O=C(O)CC1=C(CBr)Cc2ccc(F)cc21. The number of carboxylic acid groups (broad SMARTS) is 1. The van der Waals surface area contributed by atoms with E-state index >= 15 is 0 Å². The van der Waals surface area contributed by atoms with Crippen LogP contribution in [0.25, 0.3) is 5.57 Å². The van der Waals surface area contributed by atoms with Crippen molar-refractivity contribution in [3.05, 3.63) is 40.7 Å². The van der Waals surface area contributed by atoms with Crippen LogP contribution in [0.2, 0.25) is 0 Å². The number of rotatable bonds is 3. The molecule has 84 valence electrons. The third kappa shape index (κ3) is 2.02. The van der Waals surface area contributed by atoms with Crippen LogP contribution in [0, 0.1) is 5.82 Å². The van der Waals surface area contributed by atoms with Crippen LogP contribution in [0.15, 0.2) is 23.8 Å². The fraction of sp³-hybridized carbons (Fsp3) is 0.250. The van der Waals surface area contributed by atoms with Crippen molar-refractivity contribution in [3.63, 3.8) is 0 Å². The molecule has 0 saturated heterocycles. The summed E-state index contributed by atoms with van der Waals surface area (Å²) in [4.78, 5) is 10.8. The molecule has 4 heteroatoms. The summed E-state index contributed by atoms with van der Waals surface area (Å²) in [6, 6.07) is 4.56. The molecule has 0 radical (unpaired) electrons. The number of allylic oxidation sites excluding steroid dienone is 1. The minimum atomic E-state index is -0.884. The van der Waals surface area contributed by atoms with E-state index in [1.165, 1.54) is 12.1 Å². The van der Waals surface area contributed by atoms with Gasteiger partial charge in [0.2, 0.25) is 0 Å². The molecule has 0 atom stereocenters. The van der Waals surface area contributed by atoms with Gasteiger partial charge in [0, 0.05) is 5.33 Å². The van der Waals surface area contributed by atoms with Gasteiger partial charge in [-0.1, -0.05) is 27.6 Å². The summed E-state index contributed by atoms with van der Waals surface area (Å²) in [5, 5.41) is 9.47. The number of carboxylic acids is 1. The Hall–Kier alpha value is -1.16. The quantitative estimate of drug-likeness (QED) is 0.867. The second kappa shape index (κ2) is 4.37. The van der Waals surface area contributed by atoms with Crippen LogP contribution in [0.3, 0.4) is 0 Å². The molecule has 0 saturated carbocycles. The Morgan fingerprint density at radius 1 is 1.50 bits per heavy atom. The first-order valence-corrected chi connectivity index (χ1v) is 6.01. The van der Waals surface area contributed by atoms with Crippen molar-refractivity contribution in [1.29, 1.82) is 0 Å². The molecule has 1 aromatic rings. The second-order valence-electron chi connectivity index (χ2n) is 3.76. The Morgan fingerprint density at radius 3 is 2.88 bits per heavy atom. The van der Waals surface area contributed by atoms with Crippen LogP contribution in [-0.4, -0.2) is 16.4 Å². The van der Waals surface area contributed by atoms with Gasteiger partial charge in [-0.05, 0) is 35.3 Å². The van der Waals surface area contributed by atoms with E-state index in [1.54, 1.807) is 6.07 Å². The molecule has 1 N–H and O–H groups in total. The van der Waals surface area contributed by atoms with Gasteiger partial charge in [0.1, 0.15) is 5.82 Å². The maximum atomic E-state index is 13.1. The molecule has 0 fully saturated rings. The third-order valence-electron chi connectivity index (χ3n) is 2.72. The van der Waals surface area contributed by atoms with Gasteiger partial charge in [0.15, 0.2) is 0 Å². The maximum Gasteiger partial charge on any atom is 0.307 e. The molecule has 16 heavy (non-hydrogen) atoms. The van der Waals surface area contributed by atoms with E-state index in [-0.39, 0.29) is 12.2 Å². The van der Waals surface area contributed by atoms with Gasteiger partial charge in [0.05, 0.1) is 6.42 Å². The minimum Gasteiger partial charge on any atom is -0.481 e. The smallest absolute Gasteiger partial charge is 0.307 e. The predicted molar refractivity (Wildman–Crippen MR) is 63.1 cm³/mol. The molecule has 0 unspecified atom stereocenters. The molecule has 0 aliphatic heterocycles. The molecule has 0 spiro atoms. The molecular weight excluding hydrogens is 275 g/mol. The molecule has 0 heterocycles. The van der Waals surface area contributed by atoms with Crippen molar-refractivity contribution in [2.45, 2.75) is 12.8 Å². The minimum absolute atomic E-state index is 0.0443. The fourth-order valence-electron chi connectivity index (χ4n) is 2.01. The lowest BCUT2D eigenvalue weighted by molar-refractivity contribution is -0.135. The predicted octanol–water partition coefficient (Wildman–Crippen LogP) is 3.01. The maximum absolute atomic E-state index is 13.1. The van der Waals surface area contributed by atoms with E-state index < -0.39 is 5.97 Å². The van der Waals surface area contributed by atoms with E-state index in [1.807, 2.05) is 0 Å². The number of carbonyl (C=O) groups is 1. The number of halogens is 2. The van der Waals surface area contributed by atoms with E-state index in [0.29, 0.717) is 11.8 Å². The first-order valence-electron chi connectivity index (χ1n) is 4.89. The lowest BCUT2D eigenvalue weighted by Crippen LogP contribution is -1.98. The van der Waals surface area contributed by atoms with E-state index in [4.69, 9.17) is 5.11 Å². The third-order valence-corrected chi connectivity index (χ3v) is 3.39. The first-order chi connectivity index (χ1) is 7.61. The highest BCUT2D eigenvalue weighted by Gasteiger charge is 2.22. The lowest BCUT2D eigenvalue weighted by Gasteiger charge is -2.04. The summed E-state index contributed by atoms with van der Waals surface area (Å²) in [7, 11) is 0. The fourth-order valence-corrected chi connectivity index (χ4v) is 2.55. The molecule has 1 aromatic carbocycles. The van der Waals surface area contributed by atoms with Crippen molar-refractivity contribution in [2.75, 3.05) is 5.33 Å². The molecule has 0 bridgehead atoms. The number of aliphatic carboxylic acids is 1. The monoisotopic (exact) mass is 284 g/mol. The van der Waals surface area contributed by atoms with E-state index in [0.717, 1.165) is 22.3 Å². The Kier molecular flexibility index (Phi) is 3.10. The standard InChI is InChI=1S/C12H10BrFO2/c13-6-8-3-7-1-2-9(14)4-10(7)11(8)5-12(15)16/h1-2,4H,3,5-6H2,(H,15,16). The number of hydrogen-bond donors (Lipinski definition) is 1. The zero-order valence-corrected chi connectivity index (χ0v) is 10.1. The average Bonchev–Trinajstić information content (AvgIpc) is 2.56. The number of alkyl halides is 1. The van der Waals surface area contributed by atoms with Crippen molar-refractivity contribution in [3.8, 4) is 0 Å². The molecule has 0 aromatic heterocycles. The number of benzene rings is 1. The van der Waals surface area contributed by atoms with Crippen LogP contribution in [-0.2, 0) is 11.2 Å². The Labute approximate surface area is 101 Å². The molecule has 2 nitrogen and oxygen atoms in total. The van der Waals surface area contributed by atoms with Gasteiger partial charge in [0.25, 0.3) is 0 Å². The van der Waals surface area contributed by atoms with Crippen molar-refractivity contribution >= 4 is 27.5 Å². The molecular formula is C12H10BrFO2. The van der Waals surface area contributed by atoms with Crippen molar-refractivity contribution in [1.82, 2.24) is 0 Å². The molecule has 2 rings (SSSR count). The van der Waals surface area contributed by atoms with Crippen LogP contribution in [0.4, 0.5) is 4.39 Å². The van der Waals surface area contributed by atoms with Gasteiger partial charge in [-0.3, -0.25) is 4.79 Å². The average molecular weight is 285 g/mol. The molecule has 0 amide bonds. The van der Waals surface area contributed by atoms with Gasteiger partial charge in [-0.15, -0.1) is 0 Å². The first kappa shape index (κ1) is 11.3.